The first kappa shape index (κ1) is 15.6. The van der Waals surface area contributed by atoms with Crippen LogP contribution in [0.1, 0.15) is 65.2 Å². The van der Waals surface area contributed by atoms with Crippen LogP contribution in [0, 0.1) is 34.5 Å². The highest BCUT2D eigenvalue weighted by atomic mass is 79.9. The van der Waals surface area contributed by atoms with E-state index < -0.39 is 0 Å². The zero-order chi connectivity index (χ0) is 15.7. The third kappa shape index (κ3) is 1.97. The Labute approximate surface area is 142 Å². The number of rotatable bonds is 0. The molecule has 0 amide bonds. The molecule has 0 spiro atoms. The minimum absolute atomic E-state index is 0.0628. The van der Waals surface area contributed by atoms with Gasteiger partial charge < -0.3 is 5.11 Å². The van der Waals surface area contributed by atoms with E-state index in [0.717, 1.165) is 37.5 Å². The van der Waals surface area contributed by atoms with E-state index in [1.54, 1.807) is 0 Å². The Balaban J connectivity index is 1.64. The Hall–Kier alpha value is 0.110. The lowest BCUT2D eigenvalue weighted by Gasteiger charge is -2.60. The van der Waals surface area contributed by atoms with Gasteiger partial charge in [0.2, 0.25) is 0 Å². The molecule has 3 heteroatoms. The Morgan fingerprint density at radius 2 is 1.82 bits per heavy atom. The molecular weight excluding hydrogens is 340 g/mol. The zero-order valence-electron chi connectivity index (χ0n) is 13.9. The minimum atomic E-state index is -0.0662. The second-order valence-electron chi connectivity index (χ2n) is 9.11. The molecular formula is C19H29BrO2. The second-order valence-corrected chi connectivity index (χ2v) is 10.2. The smallest absolute Gasteiger partial charge is 0.152 e. The van der Waals surface area contributed by atoms with Gasteiger partial charge in [0, 0.05) is 5.41 Å². The van der Waals surface area contributed by atoms with Crippen LogP contribution in [0.4, 0.5) is 0 Å². The summed E-state index contributed by atoms with van der Waals surface area (Å²) in [6.45, 7) is 4.75. The summed E-state index contributed by atoms with van der Waals surface area (Å²) in [5.74, 6) is 3.29. The molecule has 0 heterocycles. The summed E-state index contributed by atoms with van der Waals surface area (Å²) in [5.41, 5.74) is 0.351. The fourth-order valence-electron chi connectivity index (χ4n) is 6.98. The quantitative estimate of drug-likeness (QED) is 0.646. The van der Waals surface area contributed by atoms with Crippen molar-refractivity contribution >= 4 is 21.7 Å². The summed E-state index contributed by atoms with van der Waals surface area (Å²) in [5, 5.41) is 10.1. The Morgan fingerprint density at radius 1 is 1.05 bits per heavy atom. The molecule has 4 rings (SSSR count). The van der Waals surface area contributed by atoms with Crippen LogP contribution in [0.15, 0.2) is 0 Å². The maximum absolute atomic E-state index is 12.7. The van der Waals surface area contributed by atoms with E-state index in [0.29, 0.717) is 23.0 Å². The van der Waals surface area contributed by atoms with Crippen molar-refractivity contribution in [1.82, 2.24) is 0 Å². The lowest BCUT2D eigenvalue weighted by Crippen LogP contribution is -2.54. The summed E-state index contributed by atoms with van der Waals surface area (Å²) < 4.78 is 0. The highest BCUT2D eigenvalue weighted by Gasteiger charge is 2.61. The van der Waals surface area contributed by atoms with Crippen LogP contribution in [0.2, 0.25) is 0 Å². The van der Waals surface area contributed by atoms with Gasteiger partial charge in [0.05, 0.1) is 10.9 Å². The van der Waals surface area contributed by atoms with E-state index in [1.165, 1.54) is 25.7 Å². The predicted molar refractivity (Wildman–Crippen MR) is 90.8 cm³/mol. The molecule has 2 nitrogen and oxygen atoms in total. The highest BCUT2D eigenvalue weighted by Crippen LogP contribution is 2.65. The summed E-state index contributed by atoms with van der Waals surface area (Å²) >= 11 is 3.65. The lowest BCUT2D eigenvalue weighted by atomic mass is 9.45. The molecule has 4 fully saturated rings. The van der Waals surface area contributed by atoms with Crippen LogP contribution in [0.3, 0.4) is 0 Å². The molecule has 0 bridgehead atoms. The number of hydrogen-bond acceptors (Lipinski definition) is 2. The van der Waals surface area contributed by atoms with Crippen molar-refractivity contribution in [2.24, 2.45) is 34.5 Å². The van der Waals surface area contributed by atoms with Crippen LogP contribution in [0.5, 0.6) is 0 Å². The van der Waals surface area contributed by atoms with Gasteiger partial charge >= 0.3 is 0 Å². The maximum atomic E-state index is 12.7. The van der Waals surface area contributed by atoms with Crippen molar-refractivity contribution in [2.75, 3.05) is 0 Å². The minimum Gasteiger partial charge on any atom is -0.393 e. The van der Waals surface area contributed by atoms with Crippen molar-refractivity contribution < 1.29 is 9.90 Å². The molecule has 4 saturated carbocycles. The van der Waals surface area contributed by atoms with Crippen molar-refractivity contribution in [3.63, 3.8) is 0 Å². The fourth-order valence-corrected chi connectivity index (χ4v) is 7.91. The third-order valence-electron chi connectivity index (χ3n) is 8.34. The van der Waals surface area contributed by atoms with Gasteiger partial charge in [-0.3, -0.25) is 4.79 Å². The maximum Gasteiger partial charge on any atom is 0.152 e. The predicted octanol–water partition coefficient (Wildman–Crippen LogP) is 4.33. The Bertz CT molecular complexity index is 492. The fraction of sp³-hybridized carbons (Fsp3) is 0.947. The second kappa shape index (κ2) is 5.05. The van der Waals surface area contributed by atoms with E-state index in [2.05, 4.69) is 29.8 Å². The third-order valence-corrected chi connectivity index (χ3v) is 9.13. The molecule has 0 radical (unpaired) electrons. The first-order valence-electron chi connectivity index (χ1n) is 9.23. The van der Waals surface area contributed by atoms with Gasteiger partial charge in [0.25, 0.3) is 0 Å². The largest absolute Gasteiger partial charge is 0.393 e. The van der Waals surface area contributed by atoms with Gasteiger partial charge in [0.15, 0.2) is 5.78 Å². The van der Waals surface area contributed by atoms with Crippen LogP contribution in [-0.4, -0.2) is 21.8 Å². The number of ketones is 1. The molecule has 0 aliphatic heterocycles. The number of carbonyl (C=O) groups excluding carboxylic acids is 1. The number of aliphatic hydroxyl groups excluding tert-OH is 1. The number of aliphatic hydroxyl groups is 1. The summed E-state index contributed by atoms with van der Waals surface area (Å²) in [7, 11) is 0. The van der Waals surface area contributed by atoms with E-state index >= 15 is 0 Å². The average Bonchev–Trinajstić information content (AvgIpc) is 2.72. The molecule has 22 heavy (non-hydrogen) atoms. The van der Waals surface area contributed by atoms with Crippen LogP contribution in [0.25, 0.3) is 0 Å². The zero-order valence-corrected chi connectivity index (χ0v) is 15.4. The van der Waals surface area contributed by atoms with Crippen molar-refractivity contribution in [3.8, 4) is 0 Å². The summed E-state index contributed by atoms with van der Waals surface area (Å²) in [4.78, 5) is 12.8. The number of halogens is 1. The van der Waals surface area contributed by atoms with E-state index in [1.807, 2.05) is 0 Å². The SMILES string of the molecule is C[C@]12CC[C@H](O)C[C@@H]1CC[C@@H]1[C@@H]2CC[C@]2(C)C(=O)[C@H](Br)C[C@@H]12. The van der Waals surface area contributed by atoms with E-state index in [-0.39, 0.29) is 16.3 Å². The first-order chi connectivity index (χ1) is 10.4. The molecule has 4 aliphatic carbocycles. The lowest BCUT2D eigenvalue weighted by molar-refractivity contribution is -0.142. The topological polar surface area (TPSA) is 37.3 Å². The Kier molecular flexibility index (Phi) is 3.59. The van der Waals surface area contributed by atoms with Crippen LogP contribution >= 0.6 is 15.9 Å². The van der Waals surface area contributed by atoms with Gasteiger partial charge in [0.1, 0.15) is 0 Å². The van der Waals surface area contributed by atoms with Crippen molar-refractivity contribution in [1.29, 1.82) is 0 Å². The van der Waals surface area contributed by atoms with Gasteiger partial charge in [-0.1, -0.05) is 29.8 Å². The average molecular weight is 369 g/mol. The summed E-state index contributed by atoms with van der Waals surface area (Å²) in [6, 6.07) is 0. The van der Waals surface area contributed by atoms with Gasteiger partial charge in [-0.25, -0.2) is 0 Å². The number of Topliss-reactive ketones (excluding diaryl/α,β-unsaturated/α-hetero) is 1. The van der Waals surface area contributed by atoms with Gasteiger partial charge in [-0.2, -0.15) is 0 Å². The number of hydrogen-bond donors (Lipinski definition) is 1. The number of alkyl halides is 1. The van der Waals surface area contributed by atoms with E-state index in [9.17, 15) is 9.90 Å². The highest BCUT2D eigenvalue weighted by molar-refractivity contribution is 9.10. The molecule has 124 valence electrons. The van der Waals surface area contributed by atoms with Crippen molar-refractivity contribution in [2.45, 2.75) is 76.1 Å². The molecule has 8 atom stereocenters. The monoisotopic (exact) mass is 368 g/mol. The molecule has 1 N–H and O–H groups in total. The summed E-state index contributed by atoms with van der Waals surface area (Å²) in [6.07, 6.45) is 9.04. The first-order valence-corrected chi connectivity index (χ1v) is 10.1. The van der Waals surface area contributed by atoms with Gasteiger partial charge in [-0.15, -0.1) is 0 Å². The molecule has 0 aromatic carbocycles. The molecule has 0 aromatic rings. The Morgan fingerprint density at radius 3 is 2.59 bits per heavy atom. The van der Waals surface area contributed by atoms with E-state index in [4.69, 9.17) is 0 Å². The number of fused-ring (bicyclic) bond motifs is 5. The van der Waals surface area contributed by atoms with Crippen molar-refractivity contribution in [3.05, 3.63) is 0 Å². The number of carbonyl (C=O) groups is 1. The molecule has 4 aliphatic rings. The van der Waals surface area contributed by atoms with Crippen LogP contribution in [-0.2, 0) is 4.79 Å². The molecule has 0 aromatic heterocycles. The van der Waals surface area contributed by atoms with Crippen LogP contribution < -0.4 is 0 Å². The molecule has 0 unspecified atom stereocenters. The van der Waals surface area contributed by atoms with Gasteiger partial charge in [-0.05, 0) is 80.5 Å². The molecule has 0 saturated heterocycles. The normalized spacial score (nSPS) is 57.9. The standard InChI is InChI=1S/C19H29BrO2/c1-18-7-5-12(21)9-11(18)3-4-13-14(18)6-8-19(2)15(13)10-16(20)17(19)22/h11-16,21H,3-10H2,1-2H3/t11-,12-,13+,14-,15-,16+,18-,19-/m0/s1.